The van der Waals surface area contributed by atoms with Gasteiger partial charge in [0.1, 0.15) is 24.6 Å². The van der Waals surface area contributed by atoms with E-state index in [-0.39, 0.29) is 5.91 Å². The highest BCUT2D eigenvalue weighted by Crippen LogP contribution is 2.26. The fourth-order valence-electron chi connectivity index (χ4n) is 4.52. The number of amides is 1. The Labute approximate surface area is 226 Å². The summed E-state index contributed by atoms with van der Waals surface area (Å²) in [7, 11) is 2.11. The molecule has 1 aliphatic rings. The lowest BCUT2D eigenvalue weighted by Gasteiger charge is -2.32. The van der Waals surface area contributed by atoms with E-state index in [1.165, 1.54) is 6.33 Å². The zero-order valence-electron chi connectivity index (χ0n) is 22.1. The summed E-state index contributed by atoms with van der Waals surface area (Å²) < 4.78 is 15.7. The number of hydrogen-bond acceptors (Lipinski definition) is 8. The van der Waals surface area contributed by atoms with Crippen LogP contribution in [0.4, 0.5) is 27.5 Å². The highest BCUT2D eigenvalue weighted by atomic mass is 19.1. The van der Waals surface area contributed by atoms with Crippen LogP contribution in [0.15, 0.2) is 61.2 Å². The van der Waals surface area contributed by atoms with E-state index in [1.54, 1.807) is 35.2 Å². The van der Waals surface area contributed by atoms with Gasteiger partial charge in [0.15, 0.2) is 0 Å². The van der Waals surface area contributed by atoms with Crippen LogP contribution in [0.5, 0.6) is 0 Å². The first kappa shape index (κ1) is 26.3. The van der Waals surface area contributed by atoms with E-state index in [0.717, 1.165) is 43.0 Å². The minimum Gasteiger partial charge on any atom is -0.384 e. The first-order valence-electron chi connectivity index (χ1n) is 12.8. The van der Waals surface area contributed by atoms with E-state index in [4.69, 9.17) is 5.73 Å². The molecule has 1 saturated heterocycles. The number of nitrogens with two attached hydrogens (primary N) is 1. The first-order chi connectivity index (χ1) is 18.9. The van der Waals surface area contributed by atoms with E-state index in [2.05, 4.69) is 42.4 Å². The summed E-state index contributed by atoms with van der Waals surface area (Å²) in [6.45, 7) is 5.90. The number of piperazine rings is 1. The smallest absolute Gasteiger partial charge is 0.255 e. The number of likely N-dealkylation sites (N-methyl/N-ethyl adjacent to an activating group) is 1. The zero-order valence-corrected chi connectivity index (χ0v) is 22.1. The van der Waals surface area contributed by atoms with Crippen LogP contribution in [0, 0.1) is 6.92 Å². The third-order valence-corrected chi connectivity index (χ3v) is 6.91. The third kappa shape index (κ3) is 6.21. The number of hydrogen-bond donors (Lipinski definition) is 3. The second kappa shape index (κ2) is 11.6. The average Bonchev–Trinajstić information content (AvgIpc) is 3.40. The van der Waals surface area contributed by atoms with Crippen molar-refractivity contribution in [3.8, 4) is 5.82 Å². The number of rotatable bonds is 8. The Hall–Kier alpha value is -4.35. The Kier molecular flexibility index (Phi) is 7.80. The summed E-state index contributed by atoms with van der Waals surface area (Å²) in [4.78, 5) is 30.3. The maximum absolute atomic E-state index is 13.9. The monoisotopic (exact) mass is 529 g/mol. The molecule has 1 fully saturated rings. The minimum atomic E-state index is -0.618. The van der Waals surface area contributed by atoms with Crippen LogP contribution in [0.2, 0.25) is 0 Å². The number of anilines is 4. The molecule has 0 aliphatic carbocycles. The SMILES string of the molecule is Cc1ccc(NC(=O)c2ccc(CN3CCN(C)CC3)c(CF)c2)cc1Nc1nccn1-c1cc(N)ncn1. The van der Waals surface area contributed by atoms with Crippen molar-refractivity contribution in [2.75, 3.05) is 49.6 Å². The number of carbonyl (C=O) groups is 1. The van der Waals surface area contributed by atoms with Gasteiger partial charge in [-0.2, -0.15) is 0 Å². The molecular formula is C28H32FN9O. The van der Waals surface area contributed by atoms with Crippen LogP contribution >= 0.6 is 0 Å². The molecule has 1 aliphatic heterocycles. The normalized spacial score (nSPS) is 14.3. The van der Waals surface area contributed by atoms with Gasteiger partial charge in [-0.1, -0.05) is 12.1 Å². The summed E-state index contributed by atoms with van der Waals surface area (Å²) in [5, 5.41) is 6.24. The molecule has 0 bridgehead atoms. The predicted molar refractivity (Wildman–Crippen MR) is 150 cm³/mol. The van der Waals surface area contributed by atoms with Gasteiger partial charge in [-0.25, -0.2) is 19.3 Å². The van der Waals surface area contributed by atoms with Crippen molar-refractivity contribution in [3.63, 3.8) is 0 Å². The van der Waals surface area contributed by atoms with Gasteiger partial charge < -0.3 is 21.3 Å². The molecule has 39 heavy (non-hydrogen) atoms. The Morgan fingerprint density at radius 2 is 1.85 bits per heavy atom. The Morgan fingerprint density at radius 1 is 1.03 bits per heavy atom. The summed E-state index contributed by atoms with van der Waals surface area (Å²) in [6, 6.07) is 12.5. The predicted octanol–water partition coefficient (Wildman–Crippen LogP) is 3.77. The van der Waals surface area contributed by atoms with Crippen LogP contribution < -0.4 is 16.4 Å². The highest BCUT2D eigenvalue weighted by Gasteiger charge is 2.17. The molecule has 0 unspecified atom stereocenters. The quantitative estimate of drug-likeness (QED) is 0.316. The average molecular weight is 530 g/mol. The molecule has 4 N–H and O–H groups in total. The van der Waals surface area contributed by atoms with Crippen molar-refractivity contribution in [2.24, 2.45) is 0 Å². The van der Waals surface area contributed by atoms with Gasteiger partial charge in [-0.05, 0) is 54.9 Å². The minimum absolute atomic E-state index is 0.302. The molecule has 5 rings (SSSR count). The van der Waals surface area contributed by atoms with Crippen molar-refractivity contribution in [3.05, 3.63) is 83.4 Å². The fourth-order valence-corrected chi connectivity index (χ4v) is 4.52. The molecule has 0 radical (unpaired) electrons. The van der Waals surface area contributed by atoms with Crippen molar-refractivity contribution in [2.45, 2.75) is 20.1 Å². The number of aryl methyl sites for hydroxylation is 1. The summed E-state index contributed by atoms with van der Waals surface area (Å²) in [6.07, 6.45) is 4.81. The molecule has 2 aromatic heterocycles. The molecule has 0 saturated carbocycles. The first-order valence-corrected chi connectivity index (χ1v) is 12.8. The van der Waals surface area contributed by atoms with Crippen LogP contribution in [-0.4, -0.2) is 68.5 Å². The number of nitrogens with one attached hydrogen (secondary N) is 2. The summed E-state index contributed by atoms with van der Waals surface area (Å²) in [5.41, 5.74) is 10.00. The number of aromatic nitrogens is 4. The van der Waals surface area contributed by atoms with E-state index < -0.39 is 6.67 Å². The van der Waals surface area contributed by atoms with Crippen molar-refractivity contribution in [1.82, 2.24) is 29.3 Å². The van der Waals surface area contributed by atoms with Crippen molar-refractivity contribution in [1.29, 1.82) is 0 Å². The van der Waals surface area contributed by atoms with Crippen LogP contribution in [0.25, 0.3) is 5.82 Å². The van der Waals surface area contributed by atoms with E-state index in [0.29, 0.717) is 40.9 Å². The largest absolute Gasteiger partial charge is 0.384 e. The number of nitrogens with zero attached hydrogens (tertiary/aromatic N) is 6. The molecule has 202 valence electrons. The van der Waals surface area contributed by atoms with E-state index in [9.17, 15) is 9.18 Å². The standard InChI is InChI=1S/C28H32FN9O/c1-19-3-6-23(14-24(19)35-28-31-7-8-38(28)26-15-25(30)32-18-33-26)34-27(39)20-4-5-21(22(13-20)16-29)17-37-11-9-36(2)10-12-37/h3-8,13-15,18H,9-12,16-17H2,1-2H3,(H,31,35)(H,34,39)(H2,30,32,33). The maximum atomic E-state index is 13.9. The lowest BCUT2D eigenvalue weighted by atomic mass is 10.0. The number of alkyl halides is 1. The highest BCUT2D eigenvalue weighted by molar-refractivity contribution is 6.04. The van der Waals surface area contributed by atoms with Gasteiger partial charge in [0.25, 0.3) is 5.91 Å². The zero-order chi connectivity index (χ0) is 27.4. The van der Waals surface area contributed by atoms with Crippen LogP contribution in [0.3, 0.4) is 0 Å². The molecule has 2 aromatic carbocycles. The van der Waals surface area contributed by atoms with Gasteiger partial charge in [0.2, 0.25) is 5.95 Å². The summed E-state index contributed by atoms with van der Waals surface area (Å²) in [5.74, 6) is 1.15. The molecule has 10 nitrogen and oxygen atoms in total. The number of imidazole rings is 1. The van der Waals surface area contributed by atoms with Gasteiger partial charge in [0.05, 0.1) is 0 Å². The topological polar surface area (TPSA) is 117 Å². The summed E-state index contributed by atoms with van der Waals surface area (Å²) >= 11 is 0. The van der Waals surface area contributed by atoms with Crippen LogP contribution in [-0.2, 0) is 13.2 Å². The van der Waals surface area contributed by atoms with Gasteiger partial charge >= 0.3 is 0 Å². The molecule has 0 spiro atoms. The van der Waals surface area contributed by atoms with Crippen LogP contribution in [0.1, 0.15) is 27.0 Å². The molecule has 1 amide bonds. The second-order valence-electron chi connectivity index (χ2n) is 9.73. The molecule has 11 heteroatoms. The molecular weight excluding hydrogens is 497 g/mol. The van der Waals surface area contributed by atoms with Crippen molar-refractivity contribution < 1.29 is 9.18 Å². The second-order valence-corrected chi connectivity index (χ2v) is 9.73. The van der Waals surface area contributed by atoms with Gasteiger partial charge in [-0.3, -0.25) is 14.3 Å². The number of carbonyl (C=O) groups excluding carboxylic acids is 1. The fraction of sp³-hybridized carbons (Fsp3) is 0.286. The number of benzene rings is 2. The molecule has 0 atom stereocenters. The molecule has 3 heterocycles. The van der Waals surface area contributed by atoms with Gasteiger partial charge in [-0.15, -0.1) is 0 Å². The Bertz CT molecular complexity index is 1460. The van der Waals surface area contributed by atoms with Crippen molar-refractivity contribution >= 4 is 29.0 Å². The lowest BCUT2D eigenvalue weighted by Crippen LogP contribution is -2.44. The van der Waals surface area contributed by atoms with E-state index >= 15 is 0 Å². The number of nitrogen functional groups attached to an aromatic ring is 1. The maximum Gasteiger partial charge on any atom is 0.255 e. The lowest BCUT2D eigenvalue weighted by molar-refractivity contribution is 0.102. The number of halogens is 1. The third-order valence-electron chi connectivity index (χ3n) is 6.91. The van der Waals surface area contributed by atoms with Gasteiger partial charge in [0, 0.05) is 68.1 Å². The Morgan fingerprint density at radius 3 is 2.62 bits per heavy atom. The Balaban J connectivity index is 1.30. The molecule has 4 aromatic rings. The van der Waals surface area contributed by atoms with E-state index in [1.807, 2.05) is 31.2 Å².